The predicted molar refractivity (Wildman–Crippen MR) is 61.4 cm³/mol. The fraction of sp³-hybridized carbons (Fsp3) is 0.818. The number of rotatable bonds is 6. The van der Waals surface area contributed by atoms with Gasteiger partial charge in [0.15, 0.2) is 0 Å². The molecule has 0 aliphatic heterocycles. The fourth-order valence-corrected chi connectivity index (χ4v) is 8.05. The van der Waals surface area contributed by atoms with Gasteiger partial charge >= 0.3 is 80.5 Å². The van der Waals surface area contributed by atoms with E-state index in [1.807, 2.05) is 0 Å². The van der Waals surface area contributed by atoms with Gasteiger partial charge in [-0.3, -0.25) is 0 Å². The van der Waals surface area contributed by atoms with Gasteiger partial charge in [-0.05, 0) is 0 Å². The van der Waals surface area contributed by atoms with Gasteiger partial charge in [-0.2, -0.15) is 0 Å². The van der Waals surface area contributed by atoms with Crippen LogP contribution in [0.5, 0.6) is 0 Å². The van der Waals surface area contributed by atoms with Crippen molar-refractivity contribution < 1.29 is 0 Å². The Balaban J connectivity index is 4.01. The van der Waals surface area contributed by atoms with Gasteiger partial charge in [0.1, 0.15) is 0 Å². The summed E-state index contributed by atoms with van der Waals surface area (Å²) in [7, 11) is 0. The third kappa shape index (κ3) is 3.79. The van der Waals surface area contributed by atoms with Crippen LogP contribution in [0.15, 0.2) is 12.2 Å². The van der Waals surface area contributed by atoms with Crippen molar-refractivity contribution in [1.82, 2.24) is 0 Å². The van der Waals surface area contributed by atoms with E-state index in [2.05, 4.69) is 39.8 Å². The third-order valence-electron chi connectivity index (χ3n) is 3.20. The SMILES string of the molecule is CC/C=C\[CH2][Ge]([CH2]C)([CH2]C)[CH2]C. The molecule has 0 amide bonds. The molecule has 0 bridgehead atoms. The van der Waals surface area contributed by atoms with Crippen molar-refractivity contribution in [2.24, 2.45) is 0 Å². The van der Waals surface area contributed by atoms with E-state index in [-0.39, 0.29) is 0 Å². The van der Waals surface area contributed by atoms with Gasteiger partial charge in [-0.25, -0.2) is 0 Å². The molecule has 0 radical (unpaired) electrons. The summed E-state index contributed by atoms with van der Waals surface area (Å²) >= 11 is -1.34. The van der Waals surface area contributed by atoms with E-state index < -0.39 is 13.3 Å². The molecule has 0 saturated heterocycles. The summed E-state index contributed by atoms with van der Waals surface area (Å²) in [6, 6.07) is 0. The Bertz CT molecular complexity index is 115. The Morgan fingerprint density at radius 2 is 1.33 bits per heavy atom. The summed E-state index contributed by atoms with van der Waals surface area (Å²) in [5.41, 5.74) is 0. The van der Waals surface area contributed by atoms with Crippen molar-refractivity contribution in [3.8, 4) is 0 Å². The van der Waals surface area contributed by atoms with E-state index in [1.165, 1.54) is 27.4 Å². The number of hydrogen-bond acceptors (Lipinski definition) is 0. The molecule has 0 unspecified atom stereocenters. The molecule has 0 aromatic heterocycles. The van der Waals surface area contributed by atoms with Crippen LogP contribution in [-0.4, -0.2) is 13.3 Å². The summed E-state index contributed by atoms with van der Waals surface area (Å²) in [4.78, 5) is 0. The second-order valence-electron chi connectivity index (χ2n) is 3.64. The second-order valence-corrected chi connectivity index (χ2v) is 15.2. The van der Waals surface area contributed by atoms with Gasteiger partial charge < -0.3 is 0 Å². The van der Waals surface area contributed by atoms with Crippen LogP contribution in [-0.2, 0) is 0 Å². The van der Waals surface area contributed by atoms with E-state index in [4.69, 9.17) is 0 Å². The number of hydrogen-bond donors (Lipinski definition) is 0. The third-order valence-corrected chi connectivity index (χ3v) is 15.0. The Labute approximate surface area is 80.8 Å². The van der Waals surface area contributed by atoms with Crippen LogP contribution < -0.4 is 0 Å². The normalized spacial score (nSPS) is 12.7. The van der Waals surface area contributed by atoms with E-state index in [1.54, 1.807) is 0 Å². The molecule has 0 spiro atoms. The fourth-order valence-electron chi connectivity index (χ4n) is 1.68. The van der Waals surface area contributed by atoms with Crippen LogP contribution >= 0.6 is 0 Å². The van der Waals surface area contributed by atoms with Gasteiger partial charge in [-0.15, -0.1) is 0 Å². The molecule has 0 aliphatic rings. The molecular weight excluding hydrogens is 205 g/mol. The van der Waals surface area contributed by atoms with Crippen LogP contribution in [0.25, 0.3) is 0 Å². The van der Waals surface area contributed by atoms with E-state index in [0.29, 0.717) is 0 Å². The van der Waals surface area contributed by atoms with Crippen molar-refractivity contribution in [3.05, 3.63) is 12.2 Å². The van der Waals surface area contributed by atoms with Crippen molar-refractivity contribution >= 4 is 13.3 Å². The molecule has 1 heteroatoms. The first-order valence-electron chi connectivity index (χ1n) is 5.39. The standard InChI is InChI=1S/C11H24Ge/c1-5-9-10-11-12(6-2,7-3)8-4/h9-10H,5-8,11H2,1-4H3/b10-9-. The van der Waals surface area contributed by atoms with Gasteiger partial charge in [0.25, 0.3) is 0 Å². The van der Waals surface area contributed by atoms with Crippen LogP contribution in [0.1, 0.15) is 34.1 Å². The first-order valence-corrected chi connectivity index (χ1v) is 11.3. The molecule has 0 fully saturated rings. The van der Waals surface area contributed by atoms with Crippen molar-refractivity contribution in [2.75, 3.05) is 0 Å². The van der Waals surface area contributed by atoms with E-state index >= 15 is 0 Å². The van der Waals surface area contributed by atoms with Crippen molar-refractivity contribution in [3.63, 3.8) is 0 Å². The molecule has 0 rings (SSSR count). The van der Waals surface area contributed by atoms with Gasteiger partial charge in [-0.1, -0.05) is 0 Å². The van der Waals surface area contributed by atoms with Crippen LogP contribution in [0.3, 0.4) is 0 Å². The van der Waals surface area contributed by atoms with Gasteiger partial charge in [0, 0.05) is 0 Å². The summed E-state index contributed by atoms with van der Waals surface area (Å²) in [6.07, 6.45) is 5.98. The zero-order chi connectivity index (χ0) is 9.45. The predicted octanol–water partition coefficient (Wildman–Crippen LogP) is 4.46. The number of allylic oxidation sites excluding steroid dienone is 2. The Hall–Kier alpha value is 0.283. The zero-order valence-electron chi connectivity index (χ0n) is 9.19. The summed E-state index contributed by atoms with van der Waals surface area (Å²) < 4.78 is 0. The molecule has 0 saturated carbocycles. The molecule has 0 nitrogen and oxygen atoms in total. The molecule has 0 N–H and O–H groups in total. The minimum absolute atomic E-state index is 1.20. The van der Waals surface area contributed by atoms with Crippen LogP contribution in [0.4, 0.5) is 0 Å². The monoisotopic (exact) mass is 230 g/mol. The molecule has 72 valence electrons. The zero-order valence-corrected chi connectivity index (χ0v) is 11.3. The summed E-state index contributed by atoms with van der Waals surface area (Å²) in [5, 5.41) is 5.96. The molecule has 0 atom stereocenters. The molecule has 0 aromatic rings. The average molecular weight is 229 g/mol. The van der Waals surface area contributed by atoms with E-state index in [0.717, 1.165) is 0 Å². The maximum atomic E-state index is 2.44. The first kappa shape index (κ1) is 12.3. The first-order chi connectivity index (χ1) is 5.74. The maximum absolute atomic E-state index is 2.44. The van der Waals surface area contributed by atoms with E-state index in [9.17, 15) is 0 Å². The molecule has 0 aliphatic carbocycles. The Kier molecular flexibility index (Phi) is 6.92. The molecule has 0 heterocycles. The quantitative estimate of drug-likeness (QED) is 0.465. The summed E-state index contributed by atoms with van der Waals surface area (Å²) in [6.45, 7) is 9.40. The second kappa shape index (κ2) is 6.76. The molecule has 12 heavy (non-hydrogen) atoms. The summed E-state index contributed by atoms with van der Waals surface area (Å²) in [5.74, 6) is 0. The van der Waals surface area contributed by atoms with Gasteiger partial charge in [0.05, 0.1) is 0 Å². The Morgan fingerprint density at radius 1 is 0.833 bits per heavy atom. The van der Waals surface area contributed by atoms with Gasteiger partial charge in [0.2, 0.25) is 0 Å². The topological polar surface area (TPSA) is 0 Å². The van der Waals surface area contributed by atoms with Crippen LogP contribution in [0, 0.1) is 0 Å². The molecular formula is C11H24Ge. The minimum atomic E-state index is -1.34. The van der Waals surface area contributed by atoms with Crippen molar-refractivity contribution in [1.29, 1.82) is 0 Å². The average Bonchev–Trinajstić information content (AvgIpc) is 2.14. The van der Waals surface area contributed by atoms with Crippen molar-refractivity contribution in [2.45, 2.75) is 55.1 Å². The Morgan fingerprint density at radius 3 is 1.67 bits per heavy atom. The molecule has 0 aromatic carbocycles. The van der Waals surface area contributed by atoms with Crippen LogP contribution in [0.2, 0.25) is 21.0 Å².